The van der Waals surface area contributed by atoms with E-state index in [0.29, 0.717) is 24.9 Å². The maximum Gasteiger partial charge on any atom is 0.264 e. The lowest BCUT2D eigenvalue weighted by molar-refractivity contribution is 0.0692. The molecule has 2 atom stereocenters. The van der Waals surface area contributed by atoms with Crippen LogP contribution in [0.1, 0.15) is 67.3 Å². The number of hydrogen-bond donors (Lipinski definition) is 2. The number of hydrogen-bond acceptors (Lipinski definition) is 3. The molecule has 1 fully saturated rings. The van der Waals surface area contributed by atoms with E-state index in [1.54, 1.807) is 0 Å². The summed E-state index contributed by atoms with van der Waals surface area (Å²) in [6.07, 6.45) is 4.53. The van der Waals surface area contributed by atoms with Crippen LogP contribution in [0.3, 0.4) is 0 Å². The summed E-state index contributed by atoms with van der Waals surface area (Å²) in [6.45, 7) is 8.75. The Morgan fingerprint density at radius 2 is 1.84 bits per heavy atom. The van der Waals surface area contributed by atoms with Crippen LogP contribution in [0.4, 0.5) is 0 Å². The molecule has 1 aliphatic carbocycles. The van der Waals surface area contributed by atoms with E-state index >= 15 is 0 Å². The van der Waals surface area contributed by atoms with Crippen molar-refractivity contribution in [1.29, 1.82) is 0 Å². The van der Waals surface area contributed by atoms with Gasteiger partial charge in [-0.1, -0.05) is 57.5 Å². The normalized spacial score (nSPS) is 19.1. The van der Waals surface area contributed by atoms with Crippen molar-refractivity contribution >= 4 is 23.2 Å². The standard InChI is InChI=1S/C25H36N4OS/c1-25(2,3)21-11-9-18(10-12-21)16-29(23(30)22-8-5-13-31-22)17-20-7-4-6-19(14-20)15-28-24(26)27/h5,8-13,19-20H,4,6-7,14-17H2,1-3H3,(H4,26,27,28). The lowest BCUT2D eigenvalue weighted by Gasteiger charge is -2.33. The fraction of sp³-hybridized carbons (Fsp3) is 0.520. The number of nitrogens with zero attached hydrogens (tertiary/aromatic N) is 2. The van der Waals surface area contributed by atoms with E-state index in [-0.39, 0.29) is 17.3 Å². The Morgan fingerprint density at radius 1 is 1.13 bits per heavy atom. The molecule has 1 saturated carbocycles. The number of benzene rings is 1. The van der Waals surface area contributed by atoms with Crippen molar-refractivity contribution in [3.63, 3.8) is 0 Å². The van der Waals surface area contributed by atoms with E-state index in [1.807, 2.05) is 22.4 Å². The first-order valence-electron chi connectivity index (χ1n) is 11.2. The van der Waals surface area contributed by atoms with Crippen molar-refractivity contribution in [3.05, 3.63) is 57.8 Å². The predicted molar refractivity (Wildman–Crippen MR) is 130 cm³/mol. The van der Waals surface area contributed by atoms with Crippen LogP contribution in [-0.2, 0) is 12.0 Å². The van der Waals surface area contributed by atoms with Gasteiger partial charge in [-0.3, -0.25) is 9.79 Å². The average Bonchev–Trinajstić information content (AvgIpc) is 3.26. The molecule has 1 aromatic heterocycles. The van der Waals surface area contributed by atoms with Crippen LogP contribution >= 0.6 is 11.3 Å². The van der Waals surface area contributed by atoms with E-state index in [2.05, 4.69) is 50.0 Å². The van der Waals surface area contributed by atoms with E-state index < -0.39 is 0 Å². The smallest absolute Gasteiger partial charge is 0.264 e. The van der Waals surface area contributed by atoms with E-state index in [0.717, 1.165) is 37.1 Å². The van der Waals surface area contributed by atoms with Gasteiger partial charge in [-0.05, 0) is 59.1 Å². The molecule has 6 heteroatoms. The summed E-state index contributed by atoms with van der Waals surface area (Å²) in [4.78, 5) is 20.4. The molecule has 0 saturated heterocycles. The minimum atomic E-state index is 0.123. The largest absolute Gasteiger partial charge is 0.370 e. The van der Waals surface area contributed by atoms with Gasteiger partial charge in [0.05, 0.1) is 4.88 Å². The van der Waals surface area contributed by atoms with Gasteiger partial charge in [0.2, 0.25) is 0 Å². The summed E-state index contributed by atoms with van der Waals surface area (Å²) in [5.41, 5.74) is 13.6. The monoisotopic (exact) mass is 440 g/mol. The maximum atomic E-state index is 13.3. The number of guanidine groups is 1. The molecule has 1 aromatic carbocycles. The molecule has 1 amide bonds. The van der Waals surface area contributed by atoms with E-state index in [9.17, 15) is 4.79 Å². The molecule has 31 heavy (non-hydrogen) atoms. The first kappa shape index (κ1) is 23.3. The highest BCUT2D eigenvalue weighted by Gasteiger charge is 2.27. The Labute approximate surface area is 190 Å². The first-order chi connectivity index (χ1) is 14.7. The number of amides is 1. The lowest BCUT2D eigenvalue weighted by atomic mass is 9.81. The van der Waals surface area contributed by atoms with Gasteiger partial charge in [-0.25, -0.2) is 0 Å². The molecule has 4 N–H and O–H groups in total. The highest BCUT2D eigenvalue weighted by atomic mass is 32.1. The molecule has 0 radical (unpaired) electrons. The van der Waals surface area contributed by atoms with Crippen LogP contribution in [0, 0.1) is 11.8 Å². The Balaban J connectivity index is 1.72. The zero-order valence-electron chi connectivity index (χ0n) is 19.0. The Morgan fingerprint density at radius 3 is 2.45 bits per heavy atom. The van der Waals surface area contributed by atoms with Crippen molar-refractivity contribution in [1.82, 2.24) is 4.90 Å². The van der Waals surface area contributed by atoms with E-state index in [1.165, 1.54) is 22.5 Å². The zero-order chi connectivity index (χ0) is 22.4. The molecule has 168 valence electrons. The third kappa shape index (κ3) is 6.82. The Kier molecular flexibility index (Phi) is 7.76. The number of nitrogens with two attached hydrogens (primary N) is 2. The van der Waals surface area contributed by atoms with Crippen LogP contribution in [-0.4, -0.2) is 29.9 Å². The third-order valence-electron chi connectivity index (χ3n) is 6.11. The molecule has 0 spiro atoms. The topological polar surface area (TPSA) is 84.7 Å². The molecule has 2 unspecified atom stereocenters. The molecule has 0 bridgehead atoms. The second kappa shape index (κ2) is 10.3. The van der Waals surface area contributed by atoms with Gasteiger partial charge in [0.1, 0.15) is 0 Å². The predicted octanol–water partition coefficient (Wildman–Crippen LogP) is 4.77. The fourth-order valence-corrected chi connectivity index (χ4v) is 5.08. The Hall–Kier alpha value is -2.34. The number of aliphatic imine (C=N–C) groups is 1. The van der Waals surface area contributed by atoms with Crippen molar-refractivity contribution in [2.75, 3.05) is 13.1 Å². The highest BCUT2D eigenvalue weighted by Crippen LogP contribution is 2.31. The molecule has 1 aliphatic rings. The minimum Gasteiger partial charge on any atom is -0.370 e. The summed E-state index contributed by atoms with van der Waals surface area (Å²) in [7, 11) is 0. The number of rotatable bonds is 7. The summed E-state index contributed by atoms with van der Waals surface area (Å²) in [5.74, 6) is 1.26. The van der Waals surface area contributed by atoms with Crippen LogP contribution in [0.5, 0.6) is 0 Å². The van der Waals surface area contributed by atoms with Crippen LogP contribution in [0.2, 0.25) is 0 Å². The van der Waals surface area contributed by atoms with Gasteiger partial charge >= 0.3 is 0 Å². The molecule has 0 aliphatic heterocycles. The Bertz CT molecular complexity index is 864. The first-order valence-corrected chi connectivity index (χ1v) is 12.1. The van der Waals surface area contributed by atoms with Crippen molar-refractivity contribution < 1.29 is 4.79 Å². The SMILES string of the molecule is CC(C)(C)c1ccc(CN(CC2CCCC(CN=C(N)N)C2)C(=O)c2cccs2)cc1. The molecular weight excluding hydrogens is 404 g/mol. The van der Waals surface area contributed by atoms with E-state index in [4.69, 9.17) is 11.5 Å². The van der Waals surface area contributed by atoms with Gasteiger partial charge in [-0.2, -0.15) is 0 Å². The molecule has 5 nitrogen and oxygen atoms in total. The second-order valence-corrected chi connectivity index (χ2v) is 10.7. The second-order valence-electron chi connectivity index (χ2n) is 9.77. The van der Waals surface area contributed by atoms with Crippen molar-refractivity contribution in [2.24, 2.45) is 28.3 Å². The minimum absolute atomic E-state index is 0.123. The van der Waals surface area contributed by atoms with Gasteiger partial charge in [-0.15, -0.1) is 11.3 Å². The molecule has 3 rings (SSSR count). The fourth-order valence-electron chi connectivity index (χ4n) is 4.39. The van der Waals surface area contributed by atoms with Crippen LogP contribution < -0.4 is 11.5 Å². The summed E-state index contributed by atoms with van der Waals surface area (Å²) >= 11 is 1.51. The summed E-state index contributed by atoms with van der Waals surface area (Å²) in [6, 6.07) is 12.6. The third-order valence-corrected chi connectivity index (χ3v) is 6.97. The van der Waals surface area contributed by atoms with Gasteiger partial charge in [0.25, 0.3) is 5.91 Å². The van der Waals surface area contributed by atoms with Crippen molar-refractivity contribution in [2.45, 2.75) is 58.4 Å². The molecule has 2 aromatic rings. The molecule has 1 heterocycles. The average molecular weight is 441 g/mol. The number of carbonyl (C=O) groups is 1. The van der Waals surface area contributed by atoms with Crippen LogP contribution in [0.15, 0.2) is 46.8 Å². The zero-order valence-corrected chi connectivity index (χ0v) is 19.8. The van der Waals surface area contributed by atoms with Gasteiger partial charge < -0.3 is 16.4 Å². The van der Waals surface area contributed by atoms with Gasteiger partial charge in [0, 0.05) is 19.6 Å². The maximum absolute atomic E-state index is 13.3. The van der Waals surface area contributed by atoms with Gasteiger partial charge in [0.15, 0.2) is 5.96 Å². The van der Waals surface area contributed by atoms with Crippen LogP contribution in [0.25, 0.3) is 0 Å². The number of thiophene rings is 1. The molecular formula is C25H36N4OS. The number of carbonyl (C=O) groups excluding carboxylic acids is 1. The summed E-state index contributed by atoms with van der Waals surface area (Å²) < 4.78 is 0. The lowest BCUT2D eigenvalue weighted by Crippen LogP contribution is -2.36. The van der Waals surface area contributed by atoms with Crippen molar-refractivity contribution in [3.8, 4) is 0 Å². The quantitative estimate of drug-likeness (QED) is 0.480. The summed E-state index contributed by atoms with van der Waals surface area (Å²) in [5, 5.41) is 1.97. The highest BCUT2D eigenvalue weighted by molar-refractivity contribution is 7.12.